The van der Waals surface area contributed by atoms with Crippen LogP contribution in [0.3, 0.4) is 0 Å². The molecule has 0 radical (unpaired) electrons. The third-order valence-electron chi connectivity index (χ3n) is 2.54. The Morgan fingerprint density at radius 3 is 2.45 bits per heavy atom. The van der Waals surface area contributed by atoms with Gasteiger partial charge in [-0.1, -0.05) is 17.8 Å². The summed E-state index contributed by atoms with van der Waals surface area (Å²) in [5.41, 5.74) is 0.860. The molecular weight excluding hydrogens is 276 g/mol. The van der Waals surface area contributed by atoms with Gasteiger partial charge in [0.1, 0.15) is 12.4 Å². The summed E-state index contributed by atoms with van der Waals surface area (Å²) in [6, 6.07) is 12.9. The third kappa shape index (κ3) is 3.02. The normalized spacial score (nSPS) is 9.75. The lowest BCUT2D eigenvalue weighted by molar-refractivity contribution is -0.384. The predicted molar refractivity (Wildman–Crippen MR) is 73.8 cm³/mol. The molecule has 2 aromatic rings. The van der Waals surface area contributed by atoms with Crippen molar-refractivity contribution in [2.45, 2.75) is 9.79 Å². The highest BCUT2D eigenvalue weighted by molar-refractivity contribution is 7.99. The van der Waals surface area contributed by atoms with Gasteiger partial charge in [0.05, 0.1) is 10.5 Å². The number of carbonyl (C=O) groups is 1. The van der Waals surface area contributed by atoms with Gasteiger partial charge in [-0.3, -0.25) is 14.9 Å². The van der Waals surface area contributed by atoms with Crippen molar-refractivity contribution in [1.82, 2.24) is 0 Å². The first-order valence-corrected chi connectivity index (χ1v) is 6.37. The highest BCUT2D eigenvalue weighted by atomic mass is 32.2. The highest BCUT2D eigenvalue weighted by Crippen LogP contribution is 2.31. The Bertz CT molecular complexity index is 705. The summed E-state index contributed by atoms with van der Waals surface area (Å²) in [4.78, 5) is 22.2. The molecule has 0 aliphatic carbocycles. The van der Waals surface area contributed by atoms with Crippen LogP contribution in [-0.2, 0) is 0 Å². The summed E-state index contributed by atoms with van der Waals surface area (Å²) in [6.45, 7) is 0. The maximum absolute atomic E-state index is 10.7. The van der Waals surface area contributed by atoms with Crippen LogP contribution in [0.4, 0.5) is 5.69 Å². The topological polar surface area (TPSA) is 84.0 Å². The van der Waals surface area contributed by atoms with Gasteiger partial charge in [-0.05, 0) is 24.3 Å². The van der Waals surface area contributed by atoms with Gasteiger partial charge < -0.3 is 0 Å². The van der Waals surface area contributed by atoms with Crippen LogP contribution >= 0.6 is 11.8 Å². The van der Waals surface area contributed by atoms with Gasteiger partial charge in [0, 0.05) is 27.5 Å². The molecule has 5 nitrogen and oxygen atoms in total. The van der Waals surface area contributed by atoms with Gasteiger partial charge in [-0.2, -0.15) is 5.26 Å². The molecule has 0 aliphatic heterocycles. The van der Waals surface area contributed by atoms with E-state index in [0.29, 0.717) is 22.3 Å². The van der Waals surface area contributed by atoms with Crippen molar-refractivity contribution >= 4 is 23.7 Å². The van der Waals surface area contributed by atoms with Crippen molar-refractivity contribution in [3.05, 3.63) is 63.7 Å². The van der Waals surface area contributed by atoms with Gasteiger partial charge in [0.25, 0.3) is 5.69 Å². The lowest BCUT2D eigenvalue weighted by Gasteiger charge is -2.04. The number of rotatable bonds is 4. The zero-order valence-electron chi connectivity index (χ0n) is 10.1. The number of nitriles is 1. The zero-order chi connectivity index (χ0) is 14.5. The van der Waals surface area contributed by atoms with Crippen LogP contribution in [0, 0.1) is 21.4 Å². The van der Waals surface area contributed by atoms with Crippen molar-refractivity contribution in [3.63, 3.8) is 0 Å². The molecular formula is C14H8N2O3S. The van der Waals surface area contributed by atoms with E-state index in [1.54, 1.807) is 24.3 Å². The number of benzene rings is 2. The minimum atomic E-state index is -0.464. The minimum Gasteiger partial charge on any atom is -0.298 e. The second kappa shape index (κ2) is 5.99. The molecule has 0 aliphatic rings. The molecule has 0 N–H and O–H groups in total. The molecule has 0 saturated carbocycles. The second-order valence-electron chi connectivity index (χ2n) is 3.84. The smallest absolute Gasteiger partial charge is 0.269 e. The summed E-state index contributed by atoms with van der Waals surface area (Å²) in [6.07, 6.45) is 0.682. The van der Waals surface area contributed by atoms with Crippen LogP contribution < -0.4 is 0 Å². The molecule has 98 valence electrons. The third-order valence-corrected chi connectivity index (χ3v) is 3.62. The summed E-state index contributed by atoms with van der Waals surface area (Å²) < 4.78 is 0. The van der Waals surface area contributed by atoms with Crippen molar-refractivity contribution in [3.8, 4) is 6.07 Å². The fourth-order valence-electron chi connectivity index (χ4n) is 1.56. The molecule has 0 atom stereocenters. The Kier molecular flexibility index (Phi) is 4.13. The fraction of sp³-hybridized carbons (Fsp3) is 0. The Morgan fingerprint density at radius 1 is 1.20 bits per heavy atom. The molecule has 0 bridgehead atoms. The first-order valence-electron chi connectivity index (χ1n) is 5.55. The molecule has 0 spiro atoms. The van der Waals surface area contributed by atoms with E-state index in [-0.39, 0.29) is 5.69 Å². The molecule has 0 aromatic heterocycles. The van der Waals surface area contributed by atoms with Crippen LogP contribution in [-0.4, -0.2) is 11.2 Å². The second-order valence-corrected chi connectivity index (χ2v) is 4.95. The average Bonchev–Trinajstić information content (AvgIpc) is 2.48. The largest absolute Gasteiger partial charge is 0.298 e. The van der Waals surface area contributed by atoms with E-state index in [4.69, 9.17) is 5.26 Å². The molecule has 2 rings (SSSR count). The average molecular weight is 284 g/mol. The summed E-state index contributed by atoms with van der Waals surface area (Å²) in [7, 11) is 0. The lowest BCUT2D eigenvalue weighted by atomic mass is 10.1. The molecule has 0 unspecified atom stereocenters. The van der Waals surface area contributed by atoms with Crippen molar-refractivity contribution < 1.29 is 9.72 Å². The van der Waals surface area contributed by atoms with Gasteiger partial charge in [-0.25, -0.2) is 0 Å². The van der Waals surface area contributed by atoms with Crippen LogP contribution in [0.5, 0.6) is 0 Å². The zero-order valence-corrected chi connectivity index (χ0v) is 11.0. The van der Waals surface area contributed by atoms with Crippen LogP contribution in [0.1, 0.15) is 15.9 Å². The fourth-order valence-corrected chi connectivity index (χ4v) is 2.44. The Balaban J connectivity index is 2.28. The number of hydrogen-bond donors (Lipinski definition) is 0. The Morgan fingerprint density at radius 2 is 1.90 bits per heavy atom. The van der Waals surface area contributed by atoms with E-state index < -0.39 is 4.92 Å². The molecule has 0 saturated heterocycles. The first kappa shape index (κ1) is 13.8. The van der Waals surface area contributed by atoms with E-state index in [9.17, 15) is 14.9 Å². The highest BCUT2D eigenvalue weighted by Gasteiger charge is 2.08. The van der Waals surface area contributed by atoms with Gasteiger partial charge in [0.15, 0.2) is 0 Å². The maximum atomic E-state index is 10.7. The number of nitro benzene ring substituents is 1. The van der Waals surface area contributed by atoms with Crippen molar-refractivity contribution in [2.24, 2.45) is 0 Å². The number of nitrogens with zero attached hydrogens (tertiary/aromatic N) is 2. The number of aldehydes is 1. The van der Waals surface area contributed by atoms with Crippen molar-refractivity contribution in [2.75, 3.05) is 0 Å². The Hall–Kier alpha value is -2.65. The minimum absolute atomic E-state index is 0.0196. The number of non-ortho nitro benzene ring substituents is 1. The van der Waals surface area contributed by atoms with E-state index in [1.165, 1.54) is 30.0 Å². The van der Waals surface area contributed by atoms with E-state index in [1.807, 2.05) is 6.07 Å². The summed E-state index contributed by atoms with van der Waals surface area (Å²) >= 11 is 1.32. The number of hydrogen-bond acceptors (Lipinski definition) is 5. The number of carbonyl (C=O) groups excluding carboxylic acids is 1. The SMILES string of the molecule is N#Cc1cc(C=O)ccc1Sc1ccc([N+](=O)[O-])cc1. The molecule has 20 heavy (non-hydrogen) atoms. The molecule has 6 heteroatoms. The molecule has 2 aromatic carbocycles. The Labute approximate surface area is 119 Å². The number of nitro groups is 1. The van der Waals surface area contributed by atoms with Crippen LogP contribution in [0.25, 0.3) is 0 Å². The molecule has 0 fully saturated rings. The van der Waals surface area contributed by atoms with E-state index >= 15 is 0 Å². The van der Waals surface area contributed by atoms with Crippen LogP contribution in [0.15, 0.2) is 52.3 Å². The quantitative estimate of drug-likeness (QED) is 0.488. The van der Waals surface area contributed by atoms with Gasteiger partial charge >= 0.3 is 0 Å². The van der Waals surface area contributed by atoms with E-state index in [0.717, 1.165) is 4.90 Å². The van der Waals surface area contributed by atoms with Crippen LogP contribution in [0.2, 0.25) is 0 Å². The summed E-state index contributed by atoms with van der Waals surface area (Å²) in [5.74, 6) is 0. The van der Waals surface area contributed by atoms with Crippen molar-refractivity contribution in [1.29, 1.82) is 5.26 Å². The molecule has 0 heterocycles. The monoisotopic (exact) mass is 284 g/mol. The predicted octanol–water partition coefficient (Wildman–Crippen LogP) is 3.43. The van der Waals surface area contributed by atoms with E-state index in [2.05, 4.69) is 0 Å². The first-order chi connectivity index (χ1) is 9.63. The maximum Gasteiger partial charge on any atom is 0.269 e. The lowest BCUT2D eigenvalue weighted by Crippen LogP contribution is -1.88. The molecule has 0 amide bonds. The standard InChI is InChI=1S/C14H8N2O3S/c15-8-11-7-10(9-17)1-6-14(11)20-13-4-2-12(3-5-13)16(18)19/h1-7,9H. The van der Waals surface area contributed by atoms with Gasteiger partial charge in [-0.15, -0.1) is 0 Å². The van der Waals surface area contributed by atoms with Gasteiger partial charge in [0.2, 0.25) is 0 Å². The summed E-state index contributed by atoms with van der Waals surface area (Å²) in [5, 5.41) is 19.6.